The van der Waals surface area contributed by atoms with Crippen LogP contribution in [0.2, 0.25) is 0 Å². The molecular weight excluding hydrogens is 258 g/mol. The number of pyridine rings is 1. The Morgan fingerprint density at radius 3 is 3.00 bits per heavy atom. The minimum absolute atomic E-state index is 0.0184. The number of aliphatic hydroxyl groups excluding tert-OH is 1. The van der Waals surface area contributed by atoms with Crippen LogP contribution in [0, 0.1) is 0 Å². The molecule has 5 heteroatoms. The summed E-state index contributed by atoms with van der Waals surface area (Å²) < 4.78 is 2.21. The fourth-order valence-electron chi connectivity index (χ4n) is 2.63. The van der Waals surface area contributed by atoms with E-state index in [1.807, 2.05) is 40.6 Å². The standard InChI is InChI=1S/C14H19N3OS/c1-14(2)10-16(7-8-19-14)13-11(9-18)17-6-4-3-5-12(17)15-13/h3-6,18H,7-10H2,1-2H3. The van der Waals surface area contributed by atoms with Crippen LogP contribution in [0.5, 0.6) is 0 Å². The number of nitrogens with zero attached hydrogens (tertiary/aromatic N) is 3. The van der Waals surface area contributed by atoms with Crippen molar-refractivity contribution in [1.82, 2.24) is 9.38 Å². The summed E-state index contributed by atoms with van der Waals surface area (Å²) in [6.45, 7) is 6.50. The zero-order valence-corrected chi connectivity index (χ0v) is 12.2. The highest BCUT2D eigenvalue weighted by Crippen LogP contribution is 2.33. The van der Waals surface area contributed by atoms with Crippen molar-refractivity contribution in [3.8, 4) is 0 Å². The van der Waals surface area contributed by atoms with Crippen LogP contribution in [-0.4, -0.2) is 38.1 Å². The van der Waals surface area contributed by atoms with E-state index in [0.717, 1.165) is 36.0 Å². The third kappa shape index (κ3) is 2.32. The molecule has 102 valence electrons. The first-order chi connectivity index (χ1) is 9.11. The first-order valence-electron chi connectivity index (χ1n) is 6.56. The second-order valence-corrected chi connectivity index (χ2v) is 7.30. The highest BCUT2D eigenvalue weighted by atomic mass is 32.2. The minimum Gasteiger partial charge on any atom is -0.390 e. The maximum absolute atomic E-state index is 9.67. The van der Waals surface area contributed by atoms with Gasteiger partial charge in [-0.15, -0.1) is 0 Å². The van der Waals surface area contributed by atoms with Gasteiger partial charge in [-0.05, 0) is 26.0 Å². The van der Waals surface area contributed by atoms with Gasteiger partial charge in [-0.1, -0.05) is 6.07 Å². The predicted molar refractivity (Wildman–Crippen MR) is 79.9 cm³/mol. The number of anilines is 1. The Hall–Kier alpha value is -1.20. The first-order valence-corrected chi connectivity index (χ1v) is 7.55. The average molecular weight is 277 g/mol. The summed E-state index contributed by atoms with van der Waals surface area (Å²) in [7, 11) is 0. The summed E-state index contributed by atoms with van der Waals surface area (Å²) in [5.74, 6) is 2.04. The zero-order chi connectivity index (χ0) is 13.5. The van der Waals surface area contributed by atoms with Crippen molar-refractivity contribution in [2.75, 3.05) is 23.7 Å². The minimum atomic E-state index is 0.0184. The molecule has 0 unspecified atom stereocenters. The normalized spacial score (nSPS) is 19.0. The average Bonchev–Trinajstić information content (AvgIpc) is 2.76. The number of imidazole rings is 1. The number of aliphatic hydroxyl groups is 1. The highest BCUT2D eigenvalue weighted by molar-refractivity contribution is 8.00. The number of hydrogen-bond acceptors (Lipinski definition) is 4. The molecule has 1 saturated heterocycles. The van der Waals surface area contributed by atoms with Crippen LogP contribution < -0.4 is 4.90 Å². The molecule has 1 N–H and O–H groups in total. The van der Waals surface area contributed by atoms with Gasteiger partial charge in [-0.3, -0.25) is 4.40 Å². The van der Waals surface area contributed by atoms with Crippen LogP contribution in [0.4, 0.5) is 5.82 Å². The quantitative estimate of drug-likeness (QED) is 0.913. The van der Waals surface area contributed by atoms with Crippen molar-refractivity contribution in [2.45, 2.75) is 25.2 Å². The van der Waals surface area contributed by atoms with Crippen molar-refractivity contribution in [2.24, 2.45) is 0 Å². The Balaban J connectivity index is 2.04. The molecule has 1 aliphatic heterocycles. The Morgan fingerprint density at radius 2 is 2.26 bits per heavy atom. The molecule has 0 atom stereocenters. The van der Waals surface area contributed by atoms with Gasteiger partial charge < -0.3 is 10.0 Å². The van der Waals surface area contributed by atoms with Crippen LogP contribution in [0.3, 0.4) is 0 Å². The Kier molecular flexibility index (Phi) is 3.19. The van der Waals surface area contributed by atoms with Crippen molar-refractivity contribution in [3.05, 3.63) is 30.1 Å². The second-order valence-electron chi connectivity index (χ2n) is 5.50. The molecule has 0 radical (unpaired) electrons. The Bertz CT molecular complexity index is 593. The maximum Gasteiger partial charge on any atom is 0.153 e. The molecule has 0 amide bonds. The lowest BCUT2D eigenvalue weighted by Crippen LogP contribution is -2.43. The Labute approximate surface area is 117 Å². The van der Waals surface area contributed by atoms with Crippen LogP contribution in [0.15, 0.2) is 24.4 Å². The van der Waals surface area contributed by atoms with Crippen LogP contribution >= 0.6 is 11.8 Å². The number of aromatic nitrogens is 2. The number of fused-ring (bicyclic) bond motifs is 1. The highest BCUT2D eigenvalue weighted by Gasteiger charge is 2.29. The number of rotatable bonds is 2. The Morgan fingerprint density at radius 1 is 1.42 bits per heavy atom. The maximum atomic E-state index is 9.67. The zero-order valence-electron chi connectivity index (χ0n) is 11.3. The van der Waals surface area contributed by atoms with Gasteiger partial charge in [-0.25, -0.2) is 4.98 Å². The first kappa shape index (κ1) is 12.8. The van der Waals surface area contributed by atoms with Gasteiger partial charge >= 0.3 is 0 Å². The van der Waals surface area contributed by atoms with Crippen molar-refractivity contribution < 1.29 is 5.11 Å². The number of hydrogen-bond donors (Lipinski definition) is 1. The molecule has 3 rings (SSSR count). The summed E-state index contributed by atoms with van der Waals surface area (Å²) in [6.07, 6.45) is 1.96. The molecule has 3 heterocycles. The van der Waals surface area contributed by atoms with Crippen LogP contribution in [0.1, 0.15) is 19.5 Å². The van der Waals surface area contributed by atoms with Gasteiger partial charge in [0.1, 0.15) is 5.65 Å². The lowest BCUT2D eigenvalue weighted by molar-refractivity contribution is 0.276. The molecule has 2 aromatic heterocycles. The lowest BCUT2D eigenvalue weighted by atomic mass is 10.2. The molecule has 2 aromatic rings. The van der Waals surface area contributed by atoms with E-state index in [0.29, 0.717) is 0 Å². The van der Waals surface area contributed by atoms with E-state index in [4.69, 9.17) is 4.98 Å². The van der Waals surface area contributed by atoms with E-state index in [2.05, 4.69) is 18.7 Å². The van der Waals surface area contributed by atoms with Gasteiger partial charge in [0, 0.05) is 29.8 Å². The summed E-state index contributed by atoms with van der Waals surface area (Å²) in [4.78, 5) is 6.99. The predicted octanol–water partition coefficient (Wildman–Crippen LogP) is 2.16. The van der Waals surface area contributed by atoms with Crippen molar-refractivity contribution in [1.29, 1.82) is 0 Å². The van der Waals surface area contributed by atoms with Crippen molar-refractivity contribution >= 4 is 23.2 Å². The monoisotopic (exact) mass is 277 g/mol. The van der Waals surface area contributed by atoms with E-state index < -0.39 is 0 Å². The molecule has 0 saturated carbocycles. The fraction of sp³-hybridized carbons (Fsp3) is 0.500. The van der Waals surface area contributed by atoms with Gasteiger partial charge in [-0.2, -0.15) is 11.8 Å². The summed E-state index contributed by atoms with van der Waals surface area (Å²) in [6, 6.07) is 5.92. The van der Waals surface area contributed by atoms with E-state index >= 15 is 0 Å². The molecule has 0 aliphatic carbocycles. The molecule has 4 nitrogen and oxygen atoms in total. The molecule has 0 spiro atoms. The van der Waals surface area contributed by atoms with Gasteiger partial charge in [0.05, 0.1) is 12.3 Å². The van der Waals surface area contributed by atoms with E-state index in [1.54, 1.807) is 0 Å². The van der Waals surface area contributed by atoms with Crippen LogP contribution in [-0.2, 0) is 6.61 Å². The van der Waals surface area contributed by atoms with Gasteiger partial charge in [0.2, 0.25) is 0 Å². The smallest absolute Gasteiger partial charge is 0.153 e. The largest absolute Gasteiger partial charge is 0.390 e. The number of thioether (sulfide) groups is 1. The molecule has 19 heavy (non-hydrogen) atoms. The topological polar surface area (TPSA) is 40.8 Å². The molecule has 1 fully saturated rings. The third-order valence-corrected chi connectivity index (χ3v) is 4.78. The van der Waals surface area contributed by atoms with E-state index in [9.17, 15) is 5.11 Å². The molecule has 0 bridgehead atoms. The van der Waals surface area contributed by atoms with E-state index in [-0.39, 0.29) is 11.4 Å². The summed E-state index contributed by atoms with van der Waals surface area (Å²) in [5.41, 5.74) is 1.79. The third-order valence-electron chi connectivity index (χ3n) is 3.48. The second kappa shape index (κ2) is 4.72. The van der Waals surface area contributed by atoms with Crippen molar-refractivity contribution in [3.63, 3.8) is 0 Å². The summed E-state index contributed by atoms with van der Waals surface area (Å²) >= 11 is 2.00. The molecule has 1 aliphatic rings. The molecule has 0 aromatic carbocycles. The fourth-order valence-corrected chi connectivity index (χ4v) is 3.74. The van der Waals surface area contributed by atoms with Crippen LogP contribution in [0.25, 0.3) is 5.65 Å². The lowest BCUT2D eigenvalue weighted by Gasteiger charge is -2.38. The van der Waals surface area contributed by atoms with Gasteiger partial charge in [0.15, 0.2) is 5.82 Å². The summed E-state index contributed by atoms with van der Waals surface area (Å²) in [5, 5.41) is 9.67. The van der Waals surface area contributed by atoms with E-state index in [1.165, 1.54) is 0 Å². The SMILES string of the molecule is CC1(C)CN(c2nc3ccccn3c2CO)CCS1. The van der Waals surface area contributed by atoms with Gasteiger partial charge in [0.25, 0.3) is 0 Å². The molecular formula is C14H19N3OS.